The fourth-order valence-electron chi connectivity index (χ4n) is 2.76. The summed E-state index contributed by atoms with van der Waals surface area (Å²) in [4.78, 5) is 20.4. The van der Waals surface area contributed by atoms with Crippen LogP contribution in [0.3, 0.4) is 0 Å². The number of halogens is 2. The molecule has 0 saturated heterocycles. The summed E-state index contributed by atoms with van der Waals surface area (Å²) in [6.45, 7) is 0. The number of nitrogens with zero attached hydrogens (tertiary/aromatic N) is 2. The average Bonchev–Trinajstić information content (AvgIpc) is 2.97. The van der Waals surface area contributed by atoms with Crippen LogP contribution in [0, 0.1) is 5.82 Å². The first kappa shape index (κ1) is 16.2. The van der Waals surface area contributed by atoms with Crippen molar-refractivity contribution in [2.75, 3.05) is 0 Å². The minimum atomic E-state index is -0.363. The highest BCUT2D eigenvalue weighted by molar-refractivity contribution is 7.98. The van der Waals surface area contributed by atoms with Crippen molar-refractivity contribution >= 4 is 45.3 Å². The molecule has 0 amide bonds. The molecular weight excluding hydrogens is 361 g/mol. The maximum absolute atomic E-state index is 14.0. The third-order valence-electron chi connectivity index (χ3n) is 4.10. The van der Waals surface area contributed by atoms with E-state index < -0.39 is 0 Å². The molecule has 1 N–H and O–H groups in total. The van der Waals surface area contributed by atoms with Crippen LogP contribution in [-0.4, -0.2) is 14.5 Å². The van der Waals surface area contributed by atoms with Crippen molar-refractivity contribution in [3.8, 4) is 0 Å². The first-order chi connectivity index (χ1) is 12.1. The highest BCUT2D eigenvalue weighted by Crippen LogP contribution is 2.29. The quantitative estimate of drug-likeness (QED) is 0.425. The minimum absolute atomic E-state index is 0.164. The highest BCUT2D eigenvalue weighted by Gasteiger charge is 2.15. The number of fused-ring (bicyclic) bond motifs is 3. The van der Waals surface area contributed by atoms with Crippen LogP contribution in [0.5, 0.6) is 0 Å². The van der Waals surface area contributed by atoms with Crippen molar-refractivity contribution in [2.24, 2.45) is 7.05 Å². The van der Waals surface area contributed by atoms with Crippen molar-refractivity contribution in [1.82, 2.24) is 14.5 Å². The molecule has 0 spiro atoms. The average molecular weight is 374 g/mol. The minimum Gasteiger partial charge on any atom is -0.349 e. The molecule has 4 rings (SSSR count). The van der Waals surface area contributed by atoms with Crippen LogP contribution in [0.1, 0.15) is 5.56 Å². The Kier molecular flexibility index (Phi) is 4.01. The maximum Gasteiger partial charge on any atom is 0.278 e. The molecule has 4 aromatic rings. The van der Waals surface area contributed by atoms with E-state index in [1.807, 2.05) is 24.3 Å². The van der Waals surface area contributed by atoms with Crippen LogP contribution in [-0.2, 0) is 12.8 Å². The van der Waals surface area contributed by atoms with Gasteiger partial charge in [0.15, 0.2) is 5.16 Å². The van der Waals surface area contributed by atoms with Crippen molar-refractivity contribution in [1.29, 1.82) is 0 Å². The molecule has 0 aliphatic rings. The van der Waals surface area contributed by atoms with E-state index in [4.69, 9.17) is 11.6 Å². The van der Waals surface area contributed by atoms with Crippen LogP contribution in [0.25, 0.3) is 21.9 Å². The van der Waals surface area contributed by atoms with Gasteiger partial charge in [-0.05, 0) is 18.2 Å². The number of hydrogen-bond acceptors (Lipinski definition) is 3. The molecule has 0 fully saturated rings. The predicted molar refractivity (Wildman–Crippen MR) is 99.8 cm³/mol. The lowest BCUT2D eigenvalue weighted by atomic mass is 10.2. The molecule has 25 heavy (non-hydrogen) atoms. The van der Waals surface area contributed by atoms with Crippen molar-refractivity contribution in [2.45, 2.75) is 10.9 Å². The van der Waals surface area contributed by atoms with Gasteiger partial charge in [0.05, 0.1) is 0 Å². The molecule has 2 aromatic heterocycles. The van der Waals surface area contributed by atoms with Crippen LogP contribution < -0.4 is 5.56 Å². The second kappa shape index (κ2) is 6.20. The Morgan fingerprint density at radius 2 is 2.04 bits per heavy atom. The first-order valence-electron chi connectivity index (χ1n) is 7.59. The largest absolute Gasteiger partial charge is 0.349 e. The summed E-state index contributed by atoms with van der Waals surface area (Å²) in [6, 6.07) is 12.2. The zero-order valence-corrected chi connectivity index (χ0v) is 14.8. The van der Waals surface area contributed by atoms with Gasteiger partial charge in [-0.25, -0.2) is 9.37 Å². The number of benzene rings is 2. The lowest BCUT2D eigenvalue weighted by Gasteiger charge is -2.09. The molecule has 4 nitrogen and oxygen atoms in total. The molecule has 0 saturated carbocycles. The van der Waals surface area contributed by atoms with Gasteiger partial charge in [0, 0.05) is 34.3 Å². The molecule has 0 radical (unpaired) electrons. The summed E-state index contributed by atoms with van der Waals surface area (Å²) in [6.07, 6.45) is 0. The van der Waals surface area contributed by atoms with Gasteiger partial charge in [-0.1, -0.05) is 47.6 Å². The molecular formula is C18H13ClFN3OS. The van der Waals surface area contributed by atoms with Gasteiger partial charge in [-0.2, -0.15) is 0 Å². The SMILES string of the molecule is Cn1c(SCc2c(F)cccc2Cl)nc2c([nH]c3ccccc32)c1=O. The molecule has 0 aliphatic carbocycles. The van der Waals surface area contributed by atoms with Crippen molar-refractivity contribution in [3.05, 3.63) is 69.2 Å². The highest BCUT2D eigenvalue weighted by atomic mass is 35.5. The summed E-state index contributed by atoms with van der Waals surface area (Å²) in [5.74, 6) is -0.0715. The zero-order valence-electron chi connectivity index (χ0n) is 13.2. The summed E-state index contributed by atoms with van der Waals surface area (Å²) in [5, 5.41) is 1.77. The number of H-pyrrole nitrogens is 1. The molecule has 0 bridgehead atoms. The molecule has 0 unspecified atom stereocenters. The third kappa shape index (κ3) is 2.71. The van der Waals surface area contributed by atoms with Crippen molar-refractivity contribution in [3.63, 3.8) is 0 Å². The summed E-state index contributed by atoms with van der Waals surface area (Å²) in [5.41, 5.74) is 2.20. The number of aromatic amines is 1. The number of hydrogen-bond donors (Lipinski definition) is 1. The molecule has 0 aliphatic heterocycles. The second-order valence-corrected chi connectivity index (χ2v) is 6.99. The Balaban J connectivity index is 1.81. The van der Waals surface area contributed by atoms with Gasteiger partial charge < -0.3 is 4.98 Å². The number of aromatic nitrogens is 3. The lowest BCUT2D eigenvalue weighted by molar-refractivity contribution is 0.617. The standard InChI is InChI=1S/C18H13ClFN3OS/c1-23-17(24)16-15(10-5-2-3-8-14(10)21-16)22-18(23)25-9-11-12(19)6-4-7-13(11)20/h2-8,21H,9H2,1H3. The first-order valence-corrected chi connectivity index (χ1v) is 8.96. The van der Waals surface area contributed by atoms with E-state index in [-0.39, 0.29) is 11.4 Å². The topological polar surface area (TPSA) is 50.7 Å². The van der Waals surface area contributed by atoms with Gasteiger partial charge in [0.1, 0.15) is 16.9 Å². The van der Waals surface area contributed by atoms with Gasteiger partial charge in [0.25, 0.3) is 5.56 Å². The number of para-hydroxylation sites is 1. The predicted octanol–water partition coefficient (Wildman–Crippen LogP) is 4.50. The second-order valence-electron chi connectivity index (χ2n) is 5.64. The fraction of sp³-hybridized carbons (Fsp3) is 0.111. The molecule has 2 aromatic carbocycles. The van der Waals surface area contributed by atoms with E-state index in [0.717, 1.165) is 10.9 Å². The number of rotatable bonds is 3. The van der Waals surface area contributed by atoms with Crippen LogP contribution in [0.2, 0.25) is 5.02 Å². The normalized spacial score (nSPS) is 11.5. The van der Waals surface area contributed by atoms with Gasteiger partial charge >= 0.3 is 0 Å². The van der Waals surface area contributed by atoms with Crippen LogP contribution in [0.4, 0.5) is 4.39 Å². The van der Waals surface area contributed by atoms with E-state index in [9.17, 15) is 9.18 Å². The van der Waals surface area contributed by atoms with Gasteiger partial charge in [0.2, 0.25) is 0 Å². The van der Waals surface area contributed by atoms with E-state index in [0.29, 0.717) is 32.5 Å². The molecule has 126 valence electrons. The Labute approximate surface area is 151 Å². The monoisotopic (exact) mass is 373 g/mol. The molecule has 0 atom stereocenters. The summed E-state index contributed by atoms with van der Waals surface area (Å²) >= 11 is 7.36. The third-order valence-corrected chi connectivity index (χ3v) is 5.51. The Hall–Kier alpha value is -2.31. The summed E-state index contributed by atoms with van der Waals surface area (Å²) in [7, 11) is 1.66. The zero-order chi connectivity index (χ0) is 17.6. The van der Waals surface area contributed by atoms with E-state index in [1.165, 1.54) is 22.4 Å². The van der Waals surface area contributed by atoms with E-state index in [1.54, 1.807) is 19.2 Å². The number of nitrogens with one attached hydrogen (secondary N) is 1. The Morgan fingerprint density at radius 3 is 2.84 bits per heavy atom. The fourth-order valence-corrected chi connectivity index (χ4v) is 4.07. The van der Waals surface area contributed by atoms with Gasteiger partial charge in [-0.3, -0.25) is 9.36 Å². The smallest absolute Gasteiger partial charge is 0.278 e. The van der Waals surface area contributed by atoms with Gasteiger partial charge in [-0.15, -0.1) is 0 Å². The maximum atomic E-state index is 14.0. The van der Waals surface area contributed by atoms with E-state index >= 15 is 0 Å². The Morgan fingerprint density at radius 1 is 1.24 bits per heavy atom. The number of thioether (sulfide) groups is 1. The Bertz CT molecular complexity index is 1150. The lowest BCUT2D eigenvalue weighted by Crippen LogP contribution is -2.20. The van der Waals surface area contributed by atoms with Crippen LogP contribution in [0.15, 0.2) is 52.4 Å². The summed E-state index contributed by atoms with van der Waals surface area (Å²) < 4.78 is 15.4. The molecule has 2 heterocycles. The van der Waals surface area contributed by atoms with Crippen molar-refractivity contribution < 1.29 is 4.39 Å². The molecule has 7 heteroatoms. The van der Waals surface area contributed by atoms with E-state index in [2.05, 4.69) is 9.97 Å². The van der Waals surface area contributed by atoms with Crippen LogP contribution >= 0.6 is 23.4 Å².